The van der Waals surface area contributed by atoms with Crippen molar-refractivity contribution in [3.8, 4) is 22.8 Å². The number of alkyl halides is 3. The summed E-state index contributed by atoms with van der Waals surface area (Å²) in [5.74, 6) is 0.872. The highest BCUT2D eigenvalue weighted by atomic mass is 32.2. The Bertz CT molecular complexity index is 1610. The normalized spacial score (nSPS) is 16.7. The molecule has 0 N–H and O–H groups in total. The maximum atomic E-state index is 12.4. The van der Waals surface area contributed by atoms with Crippen LogP contribution in [0.1, 0.15) is 49.3 Å². The molecule has 1 aromatic heterocycles. The lowest BCUT2D eigenvalue weighted by molar-refractivity contribution is -0.274. The van der Waals surface area contributed by atoms with Crippen molar-refractivity contribution in [3.05, 3.63) is 89.7 Å². The predicted molar refractivity (Wildman–Crippen MR) is 165 cm³/mol. The van der Waals surface area contributed by atoms with Crippen molar-refractivity contribution in [2.45, 2.75) is 52.8 Å². The lowest BCUT2D eigenvalue weighted by Gasteiger charge is -2.11. The first-order valence-corrected chi connectivity index (χ1v) is 15.3. The van der Waals surface area contributed by atoms with Crippen LogP contribution in [-0.2, 0) is 9.53 Å². The molecule has 2 unspecified atom stereocenters. The second-order valence-corrected chi connectivity index (χ2v) is 12.1. The Labute approximate surface area is 258 Å². The fourth-order valence-corrected chi connectivity index (χ4v) is 5.67. The molecule has 2 atom stereocenters. The van der Waals surface area contributed by atoms with Crippen LogP contribution in [0.25, 0.3) is 17.1 Å². The number of esters is 1. The number of halogens is 3. The van der Waals surface area contributed by atoms with Crippen molar-refractivity contribution in [2.24, 2.45) is 16.8 Å². The van der Waals surface area contributed by atoms with Crippen LogP contribution in [0.5, 0.6) is 5.75 Å². The van der Waals surface area contributed by atoms with E-state index in [9.17, 15) is 18.0 Å². The maximum absolute atomic E-state index is 12.4. The zero-order valence-electron chi connectivity index (χ0n) is 24.8. The van der Waals surface area contributed by atoms with E-state index < -0.39 is 6.36 Å². The second kappa shape index (κ2) is 13.3. The van der Waals surface area contributed by atoms with Crippen LogP contribution in [0.2, 0.25) is 0 Å². The van der Waals surface area contributed by atoms with Crippen LogP contribution in [0.3, 0.4) is 0 Å². The molecule has 1 aliphatic carbocycles. The lowest BCUT2D eigenvalue weighted by atomic mass is 10.1. The first-order chi connectivity index (χ1) is 21.0. The van der Waals surface area contributed by atoms with E-state index in [2.05, 4.69) is 52.9 Å². The Morgan fingerprint density at radius 3 is 2.36 bits per heavy atom. The van der Waals surface area contributed by atoms with Gasteiger partial charge in [-0.2, -0.15) is 0 Å². The Balaban J connectivity index is 1.23. The van der Waals surface area contributed by atoms with E-state index in [0.29, 0.717) is 23.3 Å². The molecule has 5 rings (SSSR count). The van der Waals surface area contributed by atoms with Gasteiger partial charge in [0.15, 0.2) is 5.82 Å². The molecule has 1 fully saturated rings. The molecule has 7 nitrogen and oxygen atoms in total. The van der Waals surface area contributed by atoms with Crippen molar-refractivity contribution < 1.29 is 27.4 Å². The zero-order chi connectivity index (χ0) is 31.4. The first-order valence-electron chi connectivity index (χ1n) is 14.3. The smallest absolute Gasteiger partial charge is 0.454 e. The van der Waals surface area contributed by atoms with Crippen molar-refractivity contribution >= 4 is 28.5 Å². The summed E-state index contributed by atoms with van der Waals surface area (Å²) in [5, 5.41) is 5.45. The molecule has 0 saturated heterocycles. The van der Waals surface area contributed by atoms with Gasteiger partial charge in [0.2, 0.25) is 0 Å². The highest BCUT2D eigenvalue weighted by Gasteiger charge is 2.39. The minimum Gasteiger partial charge on any atom is -0.454 e. The number of benzene rings is 3. The molecule has 0 spiro atoms. The van der Waals surface area contributed by atoms with Gasteiger partial charge in [0.05, 0.1) is 22.3 Å². The van der Waals surface area contributed by atoms with Crippen LogP contribution in [-0.4, -0.2) is 38.1 Å². The zero-order valence-corrected chi connectivity index (χ0v) is 25.7. The van der Waals surface area contributed by atoms with Crippen LogP contribution in [0.4, 0.5) is 18.9 Å². The van der Waals surface area contributed by atoms with Gasteiger partial charge in [0.25, 0.3) is 0 Å². The molecule has 1 saturated carbocycles. The van der Waals surface area contributed by atoms with Gasteiger partial charge in [-0.15, -0.1) is 18.3 Å². The summed E-state index contributed by atoms with van der Waals surface area (Å²) in [6.07, 6.45) is -1.39. The van der Waals surface area contributed by atoms with Gasteiger partial charge in [-0.25, -0.2) is 14.7 Å². The fourth-order valence-electron chi connectivity index (χ4n) is 4.87. The van der Waals surface area contributed by atoms with Crippen molar-refractivity contribution in [2.75, 3.05) is 5.94 Å². The van der Waals surface area contributed by atoms with E-state index in [1.165, 1.54) is 52.6 Å². The minimum atomic E-state index is -4.74. The Morgan fingerprint density at radius 2 is 1.73 bits per heavy atom. The van der Waals surface area contributed by atoms with E-state index in [1.807, 2.05) is 32.0 Å². The average molecular weight is 623 g/mol. The van der Waals surface area contributed by atoms with Crippen molar-refractivity contribution in [1.29, 1.82) is 0 Å². The van der Waals surface area contributed by atoms with Crippen LogP contribution in [0.15, 0.2) is 78.0 Å². The van der Waals surface area contributed by atoms with Gasteiger partial charge >= 0.3 is 12.3 Å². The van der Waals surface area contributed by atoms with Crippen molar-refractivity contribution in [1.82, 2.24) is 14.8 Å². The van der Waals surface area contributed by atoms with Gasteiger partial charge in [-0.05, 0) is 79.5 Å². The largest absolute Gasteiger partial charge is 0.573 e. The fraction of sp³-hybridized carbons (Fsp3) is 0.333. The molecule has 0 bridgehead atoms. The monoisotopic (exact) mass is 622 g/mol. The summed E-state index contributed by atoms with van der Waals surface area (Å²) in [5.41, 5.74) is 5.79. The summed E-state index contributed by atoms with van der Waals surface area (Å²) in [7, 11) is 0. The summed E-state index contributed by atoms with van der Waals surface area (Å²) in [6, 6.07) is 19.7. The number of ether oxygens (including phenoxy) is 2. The Morgan fingerprint density at radius 1 is 1.05 bits per heavy atom. The standard InChI is InChI=1S/C33H33F3N4O3S/c1-20(2)32(41)42-19-44-29(38-30-21(3)6-5-7-22(30)4)17-25-16-28(25)23-8-10-24(11-9-23)31-37-18-40(39-31)26-12-14-27(15-13-26)43-33(34,35)36/h5-15,18,20,25,28H,16-17,19H2,1-4H3. The number of hydrogen-bond acceptors (Lipinski definition) is 7. The van der Waals surface area contributed by atoms with Crippen molar-refractivity contribution in [3.63, 3.8) is 0 Å². The molecule has 0 amide bonds. The van der Waals surface area contributed by atoms with Gasteiger partial charge in [0, 0.05) is 5.56 Å². The van der Waals surface area contributed by atoms with E-state index in [4.69, 9.17) is 9.73 Å². The topological polar surface area (TPSA) is 78.6 Å². The van der Waals surface area contributed by atoms with Gasteiger partial charge in [-0.1, -0.05) is 68.1 Å². The van der Waals surface area contributed by atoms with Gasteiger partial charge < -0.3 is 9.47 Å². The minimum absolute atomic E-state index is 0.178. The van der Waals surface area contributed by atoms with Crippen LogP contribution >= 0.6 is 11.8 Å². The molecule has 3 aromatic carbocycles. The number of thioether (sulfide) groups is 1. The van der Waals surface area contributed by atoms with Gasteiger partial charge in [0.1, 0.15) is 18.0 Å². The van der Waals surface area contributed by atoms with E-state index in [0.717, 1.165) is 40.3 Å². The maximum Gasteiger partial charge on any atom is 0.573 e. The van der Waals surface area contributed by atoms with E-state index >= 15 is 0 Å². The third-order valence-corrected chi connectivity index (χ3v) is 8.18. The second-order valence-electron chi connectivity index (χ2n) is 11.1. The molecule has 230 valence electrons. The number of carbonyl (C=O) groups is 1. The summed E-state index contributed by atoms with van der Waals surface area (Å²) < 4.78 is 48.2. The number of nitrogens with zero attached hydrogens (tertiary/aromatic N) is 4. The Hall–Kier alpha value is -4.12. The summed E-state index contributed by atoms with van der Waals surface area (Å²) in [4.78, 5) is 21.4. The molecule has 1 aliphatic rings. The van der Waals surface area contributed by atoms with E-state index in [1.54, 1.807) is 0 Å². The SMILES string of the molecule is Cc1cccc(C)c1N=C(CC1CC1c1ccc(-c2ncn(-c3ccc(OC(F)(F)F)cc3)n2)cc1)SCOC(=O)C(C)C. The number of rotatable bonds is 10. The van der Waals surface area contributed by atoms with Crippen LogP contribution in [0, 0.1) is 25.7 Å². The average Bonchev–Trinajstić information content (AvgIpc) is 3.56. The number of hydrogen-bond donors (Lipinski definition) is 0. The number of carbonyl (C=O) groups excluding carboxylic acids is 1. The quantitative estimate of drug-likeness (QED) is 0.0763. The van der Waals surface area contributed by atoms with Crippen LogP contribution < -0.4 is 4.74 Å². The Kier molecular flexibility index (Phi) is 9.43. The highest BCUT2D eigenvalue weighted by Crippen LogP contribution is 2.50. The number of aromatic nitrogens is 3. The molecule has 44 heavy (non-hydrogen) atoms. The summed E-state index contributed by atoms with van der Waals surface area (Å²) >= 11 is 1.48. The number of para-hydroxylation sites is 1. The van der Waals surface area contributed by atoms with E-state index in [-0.39, 0.29) is 23.6 Å². The molecular weight excluding hydrogens is 589 g/mol. The van der Waals surface area contributed by atoms with Gasteiger partial charge in [-0.3, -0.25) is 4.79 Å². The number of aryl methyl sites for hydroxylation is 2. The lowest BCUT2D eigenvalue weighted by Crippen LogP contribution is -2.17. The third-order valence-electron chi connectivity index (χ3n) is 7.36. The molecule has 11 heteroatoms. The number of aliphatic imine (C=N–C) groups is 1. The highest BCUT2D eigenvalue weighted by molar-refractivity contribution is 8.13. The molecule has 4 aromatic rings. The first kappa shape index (κ1) is 31.3. The molecule has 0 aliphatic heterocycles. The molecule has 0 radical (unpaired) electrons. The molecule has 1 heterocycles. The predicted octanol–water partition coefficient (Wildman–Crippen LogP) is 8.56. The summed E-state index contributed by atoms with van der Waals surface area (Å²) in [6.45, 7) is 7.74. The molecular formula is C33H33F3N4O3S. The third kappa shape index (κ3) is 8.07.